The van der Waals surface area contributed by atoms with Crippen molar-refractivity contribution in [2.45, 2.75) is 59.2 Å². The molecule has 0 bridgehead atoms. The average molecular weight is 292 g/mol. The van der Waals surface area contributed by atoms with E-state index in [0.29, 0.717) is 6.54 Å². The first kappa shape index (κ1) is 17.5. The zero-order valence-corrected chi connectivity index (χ0v) is 14.0. The van der Waals surface area contributed by atoms with E-state index in [2.05, 4.69) is 36.6 Å². The fourth-order valence-electron chi connectivity index (χ4n) is 2.20. The Balaban J connectivity index is 2.42. The van der Waals surface area contributed by atoms with E-state index in [1.54, 1.807) is 0 Å². The predicted octanol–water partition coefficient (Wildman–Crippen LogP) is 3.56. The highest BCUT2D eigenvalue weighted by Gasteiger charge is 2.17. The first-order valence-electron chi connectivity index (χ1n) is 7.47. The second-order valence-electron chi connectivity index (χ2n) is 6.53. The summed E-state index contributed by atoms with van der Waals surface area (Å²) in [6.07, 6.45) is -0.375. The molecule has 1 unspecified atom stereocenters. The van der Waals surface area contributed by atoms with Crippen LogP contribution in [0, 0.1) is 6.92 Å². The van der Waals surface area contributed by atoms with Gasteiger partial charge < -0.3 is 15.4 Å². The summed E-state index contributed by atoms with van der Waals surface area (Å²) in [7, 11) is 0. The summed E-state index contributed by atoms with van der Waals surface area (Å²) in [5, 5.41) is 6.27. The van der Waals surface area contributed by atoms with Crippen LogP contribution in [0.4, 0.5) is 4.79 Å². The Morgan fingerprint density at radius 3 is 2.43 bits per heavy atom. The fraction of sp³-hybridized carbons (Fsp3) is 0.588. The van der Waals surface area contributed by atoms with Crippen molar-refractivity contribution in [1.29, 1.82) is 0 Å². The van der Waals surface area contributed by atoms with E-state index in [0.717, 1.165) is 0 Å². The quantitative estimate of drug-likeness (QED) is 0.872. The number of carbonyl (C=O) groups excluding carboxylic acids is 1. The lowest BCUT2D eigenvalue weighted by molar-refractivity contribution is 0.0522. The molecule has 4 nitrogen and oxygen atoms in total. The molecule has 2 N–H and O–H groups in total. The third kappa shape index (κ3) is 6.63. The van der Waals surface area contributed by atoms with Crippen molar-refractivity contribution in [2.24, 2.45) is 0 Å². The van der Waals surface area contributed by atoms with E-state index in [9.17, 15) is 4.79 Å². The third-order valence-corrected chi connectivity index (χ3v) is 3.14. The van der Waals surface area contributed by atoms with Crippen molar-refractivity contribution in [2.75, 3.05) is 6.54 Å². The largest absolute Gasteiger partial charge is 0.444 e. The number of ether oxygens (including phenoxy) is 1. The highest BCUT2D eigenvalue weighted by molar-refractivity contribution is 5.67. The van der Waals surface area contributed by atoms with Crippen molar-refractivity contribution in [1.82, 2.24) is 10.6 Å². The molecule has 0 saturated heterocycles. The minimum absolute atomic E-state index is 0.159. The predicted molar refractivity (Wildman–Crippen MR) is 86.4 cm³/mol. The molecule has 1 aromatic rings. The molecule has 1 aromatic carbocycles. The second kappa shape index (κ2) is 7.46. The molecule has 0 saturated carbocycles. The van der Waals surface area contributed by atoms with Crippen LogP contribution >= 0.6 is 0 Å². The summed E-state index contributed by atoms with van der Waals surface area (Å²) in [4.78, 5) is 11.6. The highest BCUT2D eigenvalue weighted by atomic mass is 16.6. The SMILES string of the molecule is Cc1ccccc1[C@H](C)NC(C)CNC(=O)OC(C)(C)C. The highest BCUT2D eigenvalue weighted by Crippen LogP contribution is 2.17. The first-order chi connectivity index (χ1) is 9.69. The molecule has 1 rings (SSSR count). The molecule has 0 aliphatic heterocycles. The van der Waals surface area contributed by atoms with Crippen LogP contribution in [0.5, 0.6) is 0 Å². The van der Waals surface area contributed by atoms with Gasteiger partial charge in [-0.3, -0.25) is 0 Å². The van der Waals surface area contributed by atoms with E-state index < -0.39 is 5.60 Å². The number of aryl methyl sites for hydroxylation is 1. The monoisotopic (exact) mass is 292 g/mol. The van der Waals surface area contributed by atoms with E-state index in [4.69, 9.17) is 4.74 Å². The van der Waals surface area contributed by atoms with Crippen molar-refractivity contribution < 1.29 is 9.53 Å². The number of benzene rings is 1. The van der Waals surface area contributed by atoms with Gasteiger partial charge in [0.1, 0.15) is 5.60 Å². The van der Waals surface area contributed by atoms with Gasteiger partial charge in [0.15, 0.2) is 0 Å². The molecule has 0 fully saturated rings. The number of carbonyl (C=O) groups is 1. The zero-order valence-electron chi connectivity index (χ0n) is 14.0. The third-order valence-electron chi connectivity index (χ3n) is 3.14. The van der Waals surface area contributed by atoms with Crippen molar-refractivity contribution in [3.63, 3.8) is 0 Å². The smallest absolute Gasteiger partial charge is 0.407 e. The van der Waals surface area contributed by atoms with Gasteiger partial charge in [0.2, 0.25) is 0 Å². The number of rotatable bonds is 5. The minimum atomic E-state index is -0.463. The molecular weight excluding hydrogens is 264 g/mol. The molecule has 0 aliphatic carbocycles. The normalized spacial score (nSPS) is 14.4. The lowest BCUT2D eigenvalue weighted by Gasteiger charge is -2.23. The second-order valence-corrected chi connectivity index (χ2v) is 6.53. The maximum Gasteiger partial charge on any atom is 0.407 e. The van der Waals surface area contributed by atoms with Crippen LogP contribution in [0.15, 0.2) is 24.3 Å². The summed E-state index contributed by atoms with van der Waals surface area (Å²) in [5.41, 5.74) is 2.08. The fourth-order valence-corrected chi connectivity index (χ4v) is 2.20. The van der Waals surface area contributed by atoms with Crippen LogP contribution in [0.1, 0.15) is 51.8 Å². The summed E-state index contributed by atoms with van der Waals surface area (Å²) in [6, 6.07) is 8.72. The first-order valence-corrected chi connectivity index (χ1v) is 7.47. The Bertz CT molecular complexity index is 466. The summed E-state index contributed by atoms with van der Waals surface area (Å²) >= 11 is 0. The van der Waals surface area contributed by atoms with Gasteiger partial charge in [-0.05, 0) is 52.7 Å². The molecule has 0 aromatic heterocycles. The number of amides is 1. The zero-order chi connectivity index (χ0) is 16.0. The van der Waals surface area contributed by atoms with Crippen LogP contribution in [-0.4, -0.2) is 24.3 Å². The lowest BCUT2D eigenvalue weighted by atomic mass is 10.0. The topological polar surface area (TPSA) is 50.4 Å². The van der Waals surface area contributed by atoms with Gasteiger partial charge in [-0.15, -0.1) is 0 Å². The minimum Gasteiger partial charge on any atom is -0.444 e. The Kier molecular flexibility index (Phi) is 6.21. The van der Waals surface area contributed by atoms with Crippen molar-refractivity contribution in [3.8, 4) is 0 Å². The molecule has 2 atom stereocenters. The van der Waals surface area contributed by atoms with Crippen LogP contribution in [0.2, 0.25) is 0 Å². The van der Waals surface area contributed by atoms with E-state index in [1.807, 2.05) is 39.8 Å². The van der Waals surface area contributed by atoms with Gasteiger partial charge >= 0.3 is 6.09 Å². The van der Waals surface area contributed by atoms with Crippen LogP contribution in [-0.2, 0) is 4.74 Å². The van der Waals surface area contributed by atoms with E-state index in [-0.39, 0.29) is 18.2 Å². The molecule has 118 valence electrons. The van der Waals surface area contributed by atoms with Gasteiger partial charge in [0.05, 0.1) is 0 Å². The standard InChI is InChI=1S/C17H28N2O2/c1-12-9-7-8-10-15(12)14(3)19-13(2)11-18-16(20)21-17(4,5)6/h7-10,13-14,19H,11H2,1-6H3,(H,18,20)/t13?,14-/m0/s1. The summed E-state index contributed by atoms with van der Waals surface area (Å²) in [5.74, 6) is 0. The van der Waals surface area contributed by atoms with Gasteiger partial charge in [-0.1, -0.05) is 24.3 Å². The van der Waals surface area contributed by atoms with Crippen molar-refractivity contribution >= 4 is 6.09 Å². The Hall–Kier alpha value is -1.55. The molecule has 1 amide bonds. The van der Waals surface area contributed by atoms with Crippen LogP contribution < -0.4 is 10.6 Å². The Morgan fingerprint density at radius 1 is 1.24 bits per heavy atom. The molecule has 0 aliphatic rings. The van der Waals surface area contributed by atoms with Gasteiger partial charge in [-0.25, -0.2) is 4.79 Å². The maximum absolute atomic E-state index is 11.6. The molecule has 0 spiro atoms. The number of nitrogens with one attached hydrogen (secondary N) is 2. The molecule has 21 heavy (non-hydrogen) atoms. The van der Waals surface area contributed by atoms with Crippen LogP contribution in [0.25, 0.3) is 0 Å². The molecule has 0 heterocycles. The number of hydrogen-bond acceptors (Lipinski definition) is 3. The van der Waals surface area contributed by atoms with Crippen molar-refractivity contribution in [3.05, 3.63) is 35.4 Å². The van der Waals surface area contributed by atoms with Crippen LogP contribution in [0.3, 0.4) is 0 Å². The number of alkyl carbamates (subject to hydrolysis) is 1. The Morgan fingerprint density at radius 2 is 1.86 bits per heavy atom. The average Bonchev–Trinajstić information content (AvgIpc) is 2.34. The maximum atomic E-state index is 11.6. The van der Waals surface area contributed by atoms with E-state index >= 15 is 0 Å². The Labute approximate surface area is 128 Å². The molecular formula is C17H28N2O2. The van der Waals surface area contributed by atoms with Gasteiger partial charge in [0, 0.05) is 18.6 Å². The molecule has 0 radical (unpaired) electrons. The van der Waals surface area contributed by atoms with Gasteiger partial charge in [0.25, 0.3) is 0 Å². The lowest BCUT2D eigenvalue weighted by Crippen LogP contribution is -2.42. The molecule has 4 heteroatoms. The van der Waals surface area contributed by atoms with E-state index in [1.165, 1.54) is 11.1 Å². The van der Waals surface area contributed by atoms with Gasteiger partial charge in [-0.2, -0.15) is 0 Å². The number of hydrogen-bond donors (Lipinski definition) is 2. The summed E-state index contributed by atoms with van der Waals surface area (Å²) in [6.45, 7) is 12.4. The summed E-state index contributed by atoms with van der Waals surface area (Å²) < 4.78 is 5.22.